The van der Waals surface area contributed by atoms with Crippen molar-refractivity contribution in [3.8, 4) is 0 Å². The highest BCUT2D eigenvalue weighted by atomic mass is 35.5. The van der Waals surface area contributed by atoms with E-state index in [9.17, 15) is 0 Å². The van der Waals surface area contributed by atoms with Gasteiger partial charge in [-0.3, -0.25) is 0 Å². The quantitative estimate of drug-likeness (QED) is 0.491. The lowest BCUT2D eigenvalue weighted by Gasteiger charge is -2.36. The summed E-state index contributed by atoms with van der Waals surface area (Å²) < 4.78 is 0. The van der Waals surface area contributed by atoms with Gasteiger partial charge in [0.2, 0.25) is 17.2 Å². The second kappa shape index (κ2) is 7.94. The van der Waals surface area contributed by atoms with Crippen molar-refractivity contribution in [3.05, 3.63) is 5.28 Å². The summed E-state index contributed by atoms with van der Waals surface area (Å²) in [5.74, 6) is 0.997. The van der Waals surface area contributed by atoms with Gasteiger partial charge in [0.05, 0.1) is 0 Å². The van der Waals surface area contributed by atoms with Gasteiger partial charge >= 0.3 is 0 Å². The molecule has 8 N–H and O–H groups in total. The van der Waals surface area contributed by atoms with Crippen LogP contribution in [0.5, 0.6) is 0 Å². The Balaban J connectivity index is 0.00000208. The Kier molecular flexibility index (Phi) is 6.40. The van der Waals surface area contributed by atoms with Crippen LogP contribution in [0.25, 0.3) is 0 Å². The highest BCUT2D eigenvalue weighted by Crippen LogP contribution is 2.21. The summed E-state index contributed by atoms with van der Waals surface area (Å²) >= 11 is 6.09. The fourth-order valence-electron chi connectivity index (χ4n) is 3.30. The topological polar surface area (TPSA) is 149 Å². The molecule has 2 fully saturated rings. The monoisotopic (exact) mass is 377 g/mol. The maximum absolute atomic E-state index is 6.09. The molecule has 0 aliphatic carbocycles. The van der Waals surface area contributed by atoms with Gasteiger partial charge in [-0.2, -0.15) is 15.0 Å². The van der Waals surface area contributed by atoms with Crippen molar-refractivity contribution in [2.24, 2.45) is 22.9 Å². The number of hydrogen-bond donors (Lipinski definition) is 4. The molecule has 0 unspecified atom stereocenters. The molecule has 0 saturated carbocycles. The van der Waals surface area contributed by atoms with E-state index in [-0.39, 0.29) is 41.9 Å². The first-order chi connectivity index (χ1) is 10.9. The number of hydrogen-bond acceptors (Lipinski definition) is 9. The molecular formula is C13H25Cl2N9. The van der Waals surface area contributed by atoms with Gasteiger partial charge in [0, 0.05) is 50.3 Å². The Morgan fingerprint density at radius 2 is 1.04 bits per heavy atom. The lowest BCUT2D eigenvalue weighted by Crippen LogP contribution is -2.54. The van der Waals surface area contributed by atoms with Crippen LogP contribution in [0.3, 0.4) is 0 Å². The minimum absolute atomic E-state index is 0. The summed E-state index contributed by atoms with van der Waals surface area (Å²) in [5.41, 5.74) is 24.2. The minimum atomic E-state index is -0.00503. The lowest BCUT2D eigenvalue weighted by molar-refractivity contribution is 0.441. The second-order valence-electron chi connectivity index (χ2n) is 6.53. The molecule has 1 aromatic heterocycles. The van der Waals surface area contributed by atoms with Crippen molar-refractivity contribution in [2.75, 3.05) is 36.0 Å². The predicted molar refractivity (Wildman–Crippen MR) is 97.6 cm³/mol. The van der Waals surface area contributed by atoms with Crippen LogP contribution in [0.4, 0.5) is 11.9 Å². The molecule has 1 aromatic rings. The largest absolute Gasteiger partial charge is 0.338 e. The number of halogens is 2. The number of piperidine rings is 2. The Morgan fingerprint density at radius 1 is 0.708 bits per heavy atom. The molecule has 0 aromatic carbocycles. The molecule has 0 bridgehead atoms. The van der Waals surface area contributed by atoms with Crippen molar-refractivity contribution in [2.45, 2.75) is 37.0 Å². The average Bonchev–Trinajstić information content (AvgIpc) is 2.44. The zero-order valence-corrected chi connectivity index (χ0v) is 15.0. The zero-order chi connectivity index (χ0) is 16.6. The van der Waals surface area contributed by atoms with Crippen LogP contribution in [0.15, 0.2) is 0 Å². The molecule has 9 nitrogen and oxygen atoms in total. The van der Waals surface area contributed by atoms with E-state index in [1.165, 1.54) is 0 Å². The molecule has 136 valence electrons. The van der Waals surface area contributed by atoms with E-state index in [4.69, 9.17) is 34.5 Å². The number of nitrogens with two attached hydrogens (primary N) is 4. The number of nitrogens with zero attached hydrogens (tertiary/aromatic N) is 5. The summed E-state index contributed by atoms with van der Waals surface area (Å²) in [5, 5.41) is 0.144. The highest BCUT2D eigenvalue weighted by Gasteiger charge is 2.28. The predicted octanol–water partition coefficient (Wildman–Crippen LogP) is -1.32. The fourth-order valence-corrected chi connectivity index (χ4v) is 3.45. The van der Waals surface area contributed by atoms with E-state index in [1.807, 2.05) is 9.80 Å². The molecule has 4 atom stereocenters. The third-order valence-electron chi connectivity index (χ3n) is 4.18. The number of anilines is 2. The fraction of sp³-hybridized carbons (Fsp3) is 0.769. The van der Waals surface area contributed by atoms with Crippen molar-refractivity contribution in [1.29, 1.82) is 0 Å². The molecule has 0 radical (unpaired) electrons. The normalized spacial score (nSPS) is 30.9. The van der Waals surface area contributed by atoms with Gasteiger partial charge in [-0.1, -0.05) is 0 Å². The molecule has 11 heteroatoms. The van der Waals surface area contributed by atoms with E-state index < -0.39 is 0 Å². The molecule has 0 amide bonds. The van der Waals surface area contributed by atoms with Crippen LogP contribution < -0.4 is 32.7 Å². The van der Waals surface area contributed by atoms with Crippen molar-refractivity contribution in [1.82, 2.24) is 15.0 Å². The Hall–Kier alpha value is -0.970. The van der Waals surface area contributed by atoms with Gasteiger partial charge in [0.15, 0.2) is 0 Å². The standard InChI is InChI=1S/C13H24ClN9.ClH/c14-11-19-12(22-3-7(15)1-8(16)4-22)21-13(20-11)23-5-9(17)2-10(18)6-23;/h7-10H,1-6,15-18H2;1H/t7-,8+,9-,10+;. The summed E-state index contributed by atoms with van der Waals surface area (Å²) in [6.07, 6.45) is 1.58. The van der Waals surface area contributed by atoms with Gasteiger partial charge in [0.25, 0.3) is 0 Å². The van der Waals surface area contributed by atoms with Crippen LogP contribution in [-0.4, -0.2) is 65.3 Å². The third kappa shape index (κ3) is 4.56. The van der Waals surface area contributed by atoms with E-state index in [0.29, 0.717) is 38.1 Å². The Bertz CT molecular complexity index is 496. The molecule has 0 spiro atoms. The molecule has 2 aliphatic rings. The van der Waals surface area contributed by atoms with Crippen LogP contribution in [0, 0.1) is 0 Å². The lowest BCUT2D eigenvalue weighted by atomic mass is 10.0. The van der Waals surface area contributed by atoms with Crippen molar-refractivity contribution < 1.29 is 0 Å². The molecule has 2 saturated heterocycles. The van der Waals surface area contributed by atoms with Crippen molar-refractivity contribution in [3.63, 3.8) is 0 Å². The van der Waals surface area contributed by atoms with Gasteiger partial charge in [-0.05, 0) is 24.4 Å². The second-order valence-corrected chi connectivity index (χ2v) is 6.86. The van der Waals surface area contributed by atoms with Crippen LogP contribution in [0.1, 0.15) is 12.8 Å². The average molecular weight is 378 g/mol. The van der Waals surface area contributed by atoms with Crippen molar-refractivity contribution >= 4 is 35.9 Å². The number of rotatable bonds is 2. The van der Waals surface area contributed by atoms with Crippen LogP contribution in [0.2, 0.25) is 5.28 Å². The number of aromatic nitrogens is 3. The van der Waals surface area contributed by atoms with Gasteiger partial charge < -0.3 is 32.7 Å². The first-order valence-corrected chi connectivity index (χ1v) is 8.22. The maximum Gasteiger partial charge on any atom is 0.231 e. The smallest absolute Gasteiger partial charge is 0.231 e. The Morgan fingerprint density at radius 3 is 1.38 bits per heavy atom. The molecule has 24 heavy (non-hydrogen) atoms. The zero-order valence-electron chi connectivity index (χ0n) is 13.4. The molecule has 3 heterocycles. The first-order valence-electron chi connectivity index (χ1n) is 7.84. The van der Waals surface area contributed by atoms with Crippen LogP contribution >= 0.6 is 24.0 Å². The maximum atomic E-state index is 6.09. The summed E-state index contributed by atoms with van der Waals surface area (Å²) in [4.78, 5) is 16.9. The third-order valence-corrected chi connectivity index (χ3v) is 4.35. The van der Waals surface area contributed by atoms with E-state index in [0.717, 1.165) is 12.8 Å². The summed E-state index contributed by atoms with van der Waals surface area (Å²) in [6.45, 7) is 2.58. The SMILES string of the molecule is Cl.N[C@@H]1C[C@H](N)CN(c2nc(Cl)nc(N3C[C@H](N)C[C@H](N)C3)n2)C1. The molecule has 2 aliphatic heterocycles. The summed E-state index contributed by atoms with van der Waals surface area (Å²) in [7, 11) is 0. The van der Waals surface area contributed by atoms with Gasteiger partial charge in [0.1, 0.15) is 0 Å². The molecular weight excluding hydrogens is 353 g/mol. The summed E-state index contributed by atoms with van der Waals surface area (Å²) in [6, 6.07) is -0.0201. The Labute approximate surface area is 152 Å². The highest BCUT2D eigenvalue weighted by molar-refractivity contribution is 6.28. The first kappa shape index (κ1) is 19.4. The van der Waals surface area contributed by atoms with Gasteiger partial charge in [-0.15, -0.1) is 12.4 Å². The molecule has 3 rings (SSSR count). The van der Waals surface area contributed by atoms with Crippen LogP contribution in [-0.2, 0) is 0 Å². The van der Waals surface area contributed by atoms with E-state index in [2.05, 4.69) is 15.0 Å². The minimum Gasteiger partial charge on any atom is -0.338 e. The van der Waals surface area contributed by atoms with E-state index >= 15 is 0 Å². The van der Waals surface area contributed by atoms with E-state index in [1.54, 1.807) is 0 Å². The van der Waals surface area contributed by atoms with Gasteiger partial charge in [-0.25, -0.2) is 0 Å².